The van der Waals surface area contributed by atoms with Crippen LogP contribution in [0.5, 0.6) is 0 Å². The monoisotopic (exact) mass is 239 g/mol. The Labute approximate surface area is 102 Å². The molecule has 0 aliphatic rings. The fraction of sp³-hybridized carbons (Fsp3) is 0.636. The molecule has 0 aliphatic heterocycles. The van der Waals surface area contributed by atoms with Crippen LogP contribution in [0, 0.1) is 0 Å². The van der Waals surface area contributed by atoms with Crippen LogP contribution in [0.15, 0.2) is 17.4 Å². The average molecular weight is 239 g/mol. The van der Waals surface area contributed by atoms with E-state index in [1.807, 2.05) is 26.4 Å². The highest BCUT2D eigenvalue weighted by molar-refractivity contribution is 5.78. The minimum Gasteiger partial charge on any atom is -0.383 e. The Morgan fingerprint density at radius 2 is 2.47 bits per heavy atom. The Morgan fingerprint density at radius 1 is 1.71 bits per heavy atom. The first kappa shape index (κ1) is 13.5. The highest BCUT2D eigenvalue weighted by Gasteiger charge is 2.01. The van der Waals surface area contributed by atoms with Crippen molar-refractivity contribution in [2.24, 2.45) is 17.8 Å². The predicted octanol–water partition coefficient (Wildman–Crippen LogP) is -0.0982. The smallest absolute Gasteiger partial charge is 0.188 e. The molecule has 0 fully saturated rings. The van der Waals surface area contributed by atoms with E-state index >= 15 is 0 Å². The Morgan fingerprint density at radius 3 is 3.06 bits per heavy atom. The number of aliphatic imine (C=N–C) groups is 1. The van der Waals surface area contributed by atoms with E-state index in [9.17, 15) is 0 Å². The molecule has 0 spiro atoms. The van der Waals surface area contributed by atoms with Gasteiger partial charge in [0.15, 0.2) is 5.96 Å². The zero-order valence-electron chi connectivity index (χ0n) is 10.7. The van der Waals surface area contributed by atoms with Crippen LogP contribution in [0.2, 0.25) is 0 Å². The van der Waals surface area contributed by atoms with Crippen LogP contribution in [0.4, 0.5) is 0 Å². The van der Waals surface area contributed by atoms with Gasteiger partial charge in [-0.05, 0) is 18.9 Å². The molecule has 0 aromatic carbocycles. The lowest BCUT2D eigenvalue weighted by molar-refractivity contribution is 0.179. The molecule has 0 radical (unpaired) electrons. The summed E-state index contributed by atoms with van der Waals surface area (Å²) in [6, 6.07) is 0.169. The number of aromatic nitrogens is 2. The number of nitrogens with one attached hydrogen (secondary N) is 1. The van der Waals surface area contributed by atoms with E-state index in [0.717, 1.165) is 12.0 Å². The molecule has 1 heterocycles. The van der Waals surface area contributed by atoms with Crippen molar-refractivity contribution in [1.29, 1.82) is 0 Å². The van der Waals surface area contributed by atoms with Crippen LogP contribution in [0.25, 0.3) is 0 Å². The van der Waals surface area contributed by atoms with Gasteiger partial charge < -0.3 is 15.8 Å². The quantitative estimate of drug-likeness (QED) is 0.537. The molecule has 0 aliphatic carbocycles. The third kappa shape index (κ3) is 5.35. The zero-order chi connectivity index (χ0) is 12.7. The number of rotatable bonds is 6. The highest BCUT2D eigenvalue weighted by atomic mass is 16.5. The van der Waals surface area contributed by atoms with Crippen molar-refractivity contribution in [3.8, 4) is 0 Å². The van der Waals surface area contributed by atoms with Crippen LogP contribution in [0.3, 0.4) is 0 Å². The third-order valence-electron chi connectivity index (χ3n) is 2.25. The van der Waals surface area contributed by atoms with E-state index in [1.165, 1.54) is 0 Å². The molecule has 6 nitrogen and oxygen atoms in total. The fourth-order valence-corrected chi connectivity index (χ4v) is 1.50. The van der Waals surface area contributed by atoms with E-state index in [2.05, 4.69) is 15.4 Å². The lowest BCUT2D eigenvalue weighted by Crippen LogP contribution is -2.40. The van der Waals surface area contributed by atoms with E-state index < -0.39 is 0 Å². The summed E-state index contributed by atoms with van der Waals surface area (Å²) in [5.41, 5.74) is 6.90. The van der Waals surface area contributed by atoms with Crippen LogP contribution in [-0.2, 0) is 18.2 Å². The van der Waals surface area contributed by atoms with E-state index in [-0.39, 0.29) is 6.04 Å². The molecule has 1 atom stereocenters. The molecule has 17 heavy (non-hydrogen) atoms. The lowest BCUT2D eigenvalue weighted by Gasteiger charge is -2.12. The second-order valence-corrected chi connectivity index (χ2v) is 4.04. The molecule has 0 bridgehead atoms. The van der Waals surface area contributed by atoms with Crippen molar-refractivity contribution in [3.63, 3.8) is 0 Å². The van der Waals surface area contributed by atoms with Gasteiger partial charge in [-0.25, -0.2) is 0 Å². The Balaban J connectivity index is 2.28. The SMILES string of the molecule is COCC(C)NC(N)=NCCc1cnn(C)c1. The summed E-state index contributed by atoms with van der Waals surface area (Å²) < 4.78 is 6.78. The number of nitrogens with zero attached hydrogens (tertiary/aromatic N) is 3. The minimum atomic E-state index is 0.169. The van der Waals surface area contributed by atoms with Crippen molar-refractivity contribution < 1.29 is 4.74 Å². The number of nitrogens with two attached hydrogens (primary N) is 1. The molecule has 1 rings (SSSR count). The van der Waals surface area contributed by atoms with E-state index in [4.69, 9.17) is 10.5 Å². The minimum absolute atomic E-state index is 0.169. The molecule has 1 unspecified atom stereocenters. The number of methoxy groups -OCH3 is 1. The maximum Gasteiger partial charge on any atom is 0.188 e. The van der Waals surface area contributed by atoms with Crippen molar-refractivity contribution in [3.05, 3.63) is 18.0 Å². The van der Waals surface area contributed by atoms with Gasteiger partial charge in [-0.15, -0.1) is 0 Å². The molecule has 1 aromatic rings. The maximum absolute atomic E-state index is 5.74. The highest BCUT2D eigenvalue weighted by Crippen LogP contribution is 1.97. The van der Waals surface area contributed by atoms with Gasteiger partial charge in [0, 0.05) is 32.9 Å². The first-order valence-corrected chi connectivity index (χ1v) is 5.64. The molecular weight excluding hydrogens is 218 g/mol. The first-order valence-electron chi connectivity index (χ1n) is 5.64. The Bertz CT molecular complexity index is 360. The van der Waals surface area contributed by atoms with Crippen LogP contribution in [0.1, 0.15) is 12.5 Å². The number of aryl methyl sites for hydroxylation is 1. The van der Waals surface area contributed by atoms with Crippen molar-refractivity contribution in [1.82, 2.24) is 15.1 Å². The zero-order valence-corrected chi connectivity index (χ0v) is 10.7. The van der Waals surface area contributed by atoms with Crippen molar-refractivity contribution in [2.45, 2.75) is 19.4 Å². The Hall–Kier alpha value is -1.56. The average Bonchev–Trinajstić information content (AvgIpc) is 2.64. The van der Waals surface area contributed by atoms with Crippen molar-refractivity contribution in [2.75, 3.05) is 20.3 Å². The first-order chi connectivity index (χ1) is 8.11. The van der Waals surface area contributed by atoms with Gasteiger partial charge in [-0.3, -0.25) is 9.67 Å². The summed E-state index contributed by atoms with van der Waals surface area (Å²) in [6.45, 7) is 3.26. The number of hydrogen-bond donors (Lipinski definition) is 2. The number of guanidine groups is 1. The maximum atomic E-state index is 5.74. The molecule has 0 saturated carbocycles. The molecular formula is C11H21N5O. The third-order valence-corrected chi connectivity index (χ3v) is 2.25. The van der Waals surface area contributed by atoms with Gasteiger partial charge in [-0.1, -0.05) is 0 Å². The molecule has 0 amide bonds. The number of ether oxygens (including phenoxy) is 1. The topological polar surface area (TPSA) is 77.5 Å². The molecule has 3 N–H and O–H groups in total. The summed E-state index contributed by atoms with van der Waals surface area (Å²) in [5.74, 6) is 0.457. The molecule has 1 aromatic heterocycles. The Kier molecular flexibility index (Phi) is 5.48. The van der Waals surface area contributed by atoms with Gasteiger partial charge in [0.25, 0.3) is 0 Å². The molecule has 6 heteroatoms. The van der Waals surface area contributed by atoms with Gasteiger partial charge >= 0.3 is 0 Å². The van der Waals surface area contributed by atoms with Gasteiger partial charge in [0.05, 0.1) is 12.8 Å². The second kappa shape index (κ2) is 6.90. The van der Waals surface area contributed by atoms with E-state index in [0.29, 0.717) is 19.1 Å². The molecule has 96 valence electrons. The standard InChI is InChI=1S/C11H21N5O/c1-9(8-17-3)15-11(12)13-5-4-10-6-14-16(2)7-10/h6-7,9H,4-5,8H2,1-3H3,(H3,12,13,15). The fourth-order valence-electron chi connectivity index (χ4n) is 1.50. The summed E-state index contributed by atoms with van der Waals surface area (Å²) in [5, 5.41) is 7.15. The van der Waals surface area contributed by atoms with Crippen LogP contribution in [-0.4, -0.2) is 42.0 Å². The van der Waals surface area contributed by atoms with Crippen LogP contribution >= 0.6 is 0 Å². The predicted molar refractivity (Wildman–Crippen MR) is 67.9 cm³/mol. The summed E-state index contributed by atoms with van der Waals surface area (Å²) in [6.07, 6.45) is 4.66. The van der Waals surface area contributed by atoms with Gasteiger partial charge in [-0.2, -0.15) is 5.10 Å². The lowest BCUT2D eigenvalue weighted by atomic mass is 10.3. The largest absolute Gasteiger partial charge is 0.383 e. The van der Waals surface area contributed by atoms with Crippen molar-refractivity contribution >= 4 is 5.96 Å². The van der Waals surface area contributed by atoms with Gasteiger partial charge in [0.1, 0.15) is 0 Å². The van der Waals surface area contributed by atoms with Crippen LogP contribution < -0.4 is 11.1 Å². The van der Waals surface area contributed by atoms with E-state index in [1.54, 1.807) is 11.8 Å². The summed E-state index contributed by atoms with van der Waals surface area (Å²) in [4.78, 5) is 4.24. The summed E-state index contributed by atoms with van der Waals surface area (Å²) in [7, 11) is 3.56. The summed E-state index contributed by atoms with van der Waals surface area (Å²) >= 11 is 0. The number of hydrogen-bond acceptors (Lipinski definition) is 3. The second-order valence-electron chi connectivity index (χ2n) is 4.04. The molecule has 0 saturated heterocycles. The normalized spacial score (nSPS) is 13.7. The van der Waals surface area contributed by atoms with Gasteiger partial charge in [0.2, 0.25) is 0 Å².